The van der Waals surface area contributed by atoms with E-state index in [0.717, 1.165) is 36.2 Å². The molecule has 3 amide bonds. The smallest absolute Gasteiger partial charge is 0.322 e. The van der Waals surface area contributed by atoms with Crippen LogP contribution in [0.15, 0.2) is 18.2 Å². The fraction of sp³-hybridized carbons (Fsp3) is 0.556. The average Bonchev–Trinajstić information content (AvgIpc) is 2.90. The second-order valence-corrected chi connectivity index (χ2v) is 6.26. The van der Waals surface area contributed by atoms with Gasteiger partial charge in [0.25, 0.3) is 0 Å². The first kappa shape index (κ1) is 17.3. The number of urea groups is 1. The van der Waals surface area contributed by atoms with Gasteiger partial charge in [0.1, 0.15) is 0 Å². The largest absolute Gasteiger partial charge is 0.326 e. The number of rotatable bonds is 4. The molecule has 0 saturated carbocycles. The van der Waals surface area contributed by atoms with E-state index in [1.165, 1.54) is 0 Å². The summed E-state index contributed by atoms with van der Waals surface area (Å²) in [6, 6.07) is 6.14. The topological polar surface area (TPSA) is 61.4 Å². The molecule has 5 nitrogen and oxygen atoms in total. The first-order valence-corrected chi connectivity index (χ1v) is 8.46. The second kappa shape index (κ2) is 7.49. The maximum Gasteiger partial charge on any atom is 0.322 e. The first-order valence-electron chi connectivity index (χ1n) is 8.46. The molecule has 2 N–H and O–H groups in total. The molecule has 0 bridgehead atoms. The van der Waals surface area contributed by atoms with E-state index < -0.39 is 0 Å². The molecule has 1 aromatic rings. The Hall–Kier alpha value is -2.04. The summed E-state index contributed by atoms with van der Waals surface area (Å²) in [6.07, 6.45) is 3.57. The van der Waals surface area contributed by atoms with Crippen molar-refractivity contribution in [1.29, 1.82) is 0 Å². The molecule has 0 aromatic heterocycles. The van der Waals surface area contributed by atoms with Gasteiger partial charge in [0.2, 0.25) is 5.91 Å². The zero-order valence-corrected chi connectivity index (χ0v) is 14.5. The van der Waals surface area contributed by atoms with Crippen LogP contribution in [0.2, 0.25) is 0 Å². The first-order chi connectivity index (χ1) is 11.0. The summed E-state index contributed by atoms with van der Waals surface area (Å²) in [7, 11) is 0. The van der Waals surface area contributed by atoms with Gasteiger partial charge in [-0.05, 0) is 56.9 Å². The molecular formula is C18H27N3O2. The molecule has 126 valence electrons. The molecule has 2 atom stereocenters. The molecular weight excluding hydrogens is 290 g/mol. The minimum absolute atomic E-state index is 0.0124. The quantitative estimate of drug-likeness (QED) is 0.876. The lowest BCUT2D eigenvalue weighted by Gasteiger charge is -2.28. The summed E-state index contributed by atoms with van der Waals surface area (Å²) in [6.45, 7) is 7.97. The van der Waals surface area contributed by atoms with Crippen molar-refractivity contribution >= 4 is 23.3 Å². The SMILES string of the molecule is CCC(=O)Nc1ccc(NC(=O)N2C(C)CCC2CC)cc1C. The predicted octanol–water partition coefficient (Wildman–Crippen LogP) is 4.14. The minimum atomic E-state index is -0.0356. The lowest BCUT2D eigenvalue weighted by Crippen LogP contribution is -2.42. The maximum absolute atomic E-state index is 12.6. The summed E-state index contributed by atoms with van der Waals surface area (Å²) >= 11 is 0. The van der Waals surface area contributed by atoms with Crippen molar-refractivity contribution in [3.8, 4) is 0 Å². The van der Waals surface area contributed by atoms with E-state index >= 15 is 0 Å². The van der Waals surface area contributed by atoms with Gasteiger partial charge in [0.15, 0.2) is 0 Å². The Labute approximate surface area is 138 Å². The van der Waals surface area contributed by atoms with E-state index in [2.05, 4.69) is 24.5 Å². The van der Waals surface area contributed by atoms with E-state index in [1.54, 1.807) is 0 Å². The molecule has 1 aliphatic rings. The molecule has 23 heavy (non-hydrogen) atoms. The van der Waals surface area contributed by atoms with Gasteiger partial charge in [-0.3, -0.25) is 4.79 Å². The lowest BCUT2D eigenvalue weighted by molar-refractivity contribution is -0.115. The van der Waals surface area contributed by atoms with E-state index in [-0.39, 0.29) is 18.0 Å². The summed E-state index contributed by atoms with van der Waals surface area (Å²) in [5.41, 5.74) is 2.48. The van der Waals surface area contributed by atoms with Crippen molar-refractivity contribution < 1.29 is 9.59 Å². The molecule has 0 aliphatic carbocycles. The highest BCUT2D eigenvalue weighted by Gasteiger charge is 2.33. The zero-order chi connectivity index (χ0) is 17.0. The van der Waals surface area contributed by atoms with E-state index in [9.17, 15) is 9.59 Å². The third kappa shape index (κ3) is 4.03. The number of carbonyl (C=O) groups is 2. The maximum atomic E-state index is 12.6. The van der Waals surface area contributed by atoms with Crippen molar-refractivity contribution in [2.75, 3.05) is 10.6 Å². The molecule has 1 aromatic carbocycles. The van der Waals surface area contributed by atoms with Crippen LogP contribution in [0.5, 0.6) is 0 Å². The highest BCUT2D eigenvalue weighted by molar-refractivity contribution is 5.93. The molecule has 5 heteroatoms. The van der Waals surface area contributed by atoms with Crippen molar-refractivity contribution in [2.45, 2.75) is 65.5 Å². The van der Waals surface area contributed by atoms with Crippen molar-refractivity contribution in [1.82, 2.24) is 4.90 Å². The van der Waals surface area contributed by atoms with Gasteiger partial charge in [-0.15, -0.1) is 0 Å². The lowest BCUT2D eigenvalue weighted by atomic mass is 10.1. The van der Waals surface area contributed by atoms with Gasteiger partial charge in [-0.2, -0.15) is 0 Å². The summed E-state index contributed by atoms with van der Waals surface area (Å²) in [4.78, 5) is 26.0. The van der Waals surface area contributed by atoms with Gasteiger partial charge in [-0.25, -0.2) is 4.79 Å². The highest BCUT2D eigenvalue weighted by Crippen LogP contribution is 2.27. The Morgan fingerprint density at radius 1 is 1.22 bits per heavy atom. The number of nitrogens with zero attached hydrogens (tertiary/aromatic N) is 1. The van der Waals surface area contributed by atoms with E-state index in [0.29, 0.717) is 12.5 Å². The zero-order valence-electron chi connectivity index (χ0n) is 14.5. The fourth-order valence-corrected chi connectivity index (χ4v) is 3.15. The Balaban J connectivity index is 2.06. The van der Waals surface area contributed by atoms with Gasteiger partial charge in [-0.1, -0.05) is 13.8 Å². The van der Waals surface area contributed by atoms with Crippen LogP contribution in [0.1, 0.15) is 52.0 Å². The molecule has 0 radical (unpaired) electrons. The van der Waals surface area contributed by atoms with Crippen LogP contribution in [0.4, 0.5) is 16.2 Å². The number of amides is 3. The van der Waals surface area contributed by atoms with Gasteiger partial charge < -0.3 is 15.5 Å². The molecule has 1 saturated heterocycles. The number of nitrogens with one attached hydrogen (secondary N) is 2. The van der Waals surface area contributed by atoms with Crippen LogP contribution in [0.3, 0.4) is 0 Å². The highest BCUT2D eigenvalue weighted by atomic mass is 16.2. The third-order valence-corrected chi connectivity index (χ3v) is 4.56. The minimum Gasteiger partial charge on any atom is -0.326 e. The average molecular weight is 317 g/mol. The van der Waals surface area contributed by atoms with E-state index in [1.807, 2.05) is 36.9 Å². The Morgan fingerprint density at radius 2 is 1.96 bits per heavy atom. The van der Waals surface area contributed by atoms with Gasteiger partial charge in [0, 0.05) is 29.9 Å². The fourth-order valence-electron chi connectivity index (χ4n) is 3.15. The molecule has 2 unspecified atom stereocenters. The van der Waals surface area contributed by atoms with Crippen LogP contribution in [0.25, 0.3) is 0 Å². The van der Waals surface area contributed by atoms with E-state index in [4.69, 9.17) is 0 Å². The van der Waals surface area contributed by atoms with Crippen LogP contribution in [-0.4, -0.2) is 28.9 Å². The number of benzene rings is 1. The predicted molar refractivity (Wildman–Crippen MR) is 93.7 cm³/mol. The van der Waals surface area contributed by atoms with Crippen molar-refractivity contribution in [2.24, 2.45) is 0 Å². The van der Waals surface area contributed by atoms with Crippen molar-refractivity contribution in [3.05, 3.63) is 23.8 Å². The van der Waals surface area contributed by atoms with Crippen LogP contribution in [0, 0.1) is 6.92 Å². The van der Waals surface area contributed by atoms with Crippen LogP contribution >= 0.6 is 0 Å². The van der Waals surface area contributed by atoms with Crippen LogP contribution in [-0.2, 0) is 4.79 Å². The molecule has 1 heterocycles. The third-order valence-electron chi connectivity index (χ3n) is 4.56. The molecule has 0 spiro atoms. The number of likely N-dealkylation sites (tertiary alicyclic amines) is 1. The molecule has 1 fully saturated rings. The Kier molecular flexibility index (Phi) is 5.64. The number of hydrogen-bond acceptors (Lipinski definition) is 2. The summed E-state index contributed by atoms with van der Waals surface area (Å²) in [5.74, 6) is -0.0124. The Morgan fingerprint density at radius 3 is 2.57 bits per heavy atom. The second-order valence-electron chi connectivity index (χ2n) is 6.26. The summed E-state index contributed by atoms with van der Waals surface area (Å²) in [5, 5.41) is 5.84. The van der Waals surface area contributed by atoms with Gasteiger partial charge >= 0.3 is 6.03 Å². The molecule has 1 aliphatic heterocycles. The monoisotopic (exact) mass is 317 g/mol. The number of hydrogen-bond donors (Lipinski definition) is 2. The van der Waals surface area contributed by atoms with Gasteiger partial charge in [0.05, 0.1) is 0 Å². The standard InChI is InChI=1S/C18H27N3O2/c1-5-15-9-7-13(4)21(15)18(23)19-14-8-10-16(12(3)11-14)20-17(22)6-2/h8,10-11,13,15H,5-7,9H2,1-4H3,(H,19,23)(H,20,22). The summed E-state index contributed by atoms with van der Waals surface area (Å²) < 4.78 is 0. The normalized spacial score (nSPS) is 20.4. The number of anilines is 2. The Bertz CT molecular complexity index is 586. The number of carbonyl (C=O) groups excluding carboxylic acids is 2. The number of aryl methyl sites for hydroxylation is 1. The van der Waals surface area contributed by atoms with Crippen molar-refractivity contribution in [3.63, 3.8) is 0 Å². The molecule has 2 rings (SSSR count). The van der Waals surface area contributed by atoms with Crippen LogP contribution < -0.4 is 10.6 Å².